The average Bonchev–Trinajstić information content (AvgIpc) is 2.62. The topological polar surface area (TPSA) is 55.8 Å². The van der Waals surface area contributed by atoms with Gasteiger partial charge in [0, 0.05) is 6.20 Å². The van der Waals surface area contributed by atoms with Crippen LogP contribution < -0.4 is 0 Å². The van der Waals surface area contributed by atoms with Gasteiger partial charge in [0.2, 0.25) is 0 Å². The second-order valence-electron chi connectivity index (χ2n) is 4.55. The Hall–Kier alpha value is -1.52. The highest BCUT2D eigenvalue weighted by atomic mass is 16.6. The Kier molecular flexibility index (Phi) is 3.57. The minimum Gasteiger partial charge on any atom is -0.467 e. The molecule has 0 saturated carbocycles. The summed E-state index contributed by atoms with van der Waals surface area (Å²) in [6, 6.07) is -0.597. The molecular weight excluding hydrogens is 210 g/mol. The van der Waals surface area contributed by atoms with Crippen LogP contribution in [0, 0.1) is 0 Å². The van der Waals surface area contributed by atoms with Crippen molar-refractivity contribution in [1.82, 2.24) is 4.90 Å². The van der Waals surface area contributed by atoms with Gasteiger partial charge >= 0.3 is 12.1 Å². The van der Waals surface area contributed by atoms with E-state index in [0.717, 1.165) is 0 Å². The number of esters is 1. The lowest BCUT2D eigenvalue weighted by molar-refractivity contribution is -0.145. The van der Waals surface area contributed by atoms with E-state index in [1.54, 1.807) is 33.0 Å². The van der Waals surface area contributed by atoms with Crippen LogP contribution in [0.3, 0.4) is 0 Å². The molecule has 1 atom stereocenters. The summed E-state index contributed by atoms with van der Waals surface area (Å²) in [6.45, 7) is 5.33. The van der Waals surface area contributed by atoms with E-state index in [1.807, 2.05) is 0 Å². The smallest absolute Gasteiger partial charge is 0.415 e. The van der Waals surface area contributed by atoms with E-state index in [-0.39, 0.29) is 0 Å². The van der Waals surface area contributed by atoms with Crippen LogP contribution in [0.1, 0.15) is 27.2 Å². The van der Waals surface area contributed by atoms with E-state index >= 15 is 0 Å². The summed E-state index contributed by atoms with van der Waals surface area (Å²) in [6.07, 6.45) is 3.23. The lowest BCUT2D eigenvalue weighted by atomic mass is 10.2. The lowest BCUT2D eigenvalue weighted by Gasteiger charge is -2.26. The Morgan fingerprint density at radius 3 is 2.50 bits per heavy atom. The zero-order valence-electron chi connectivity index (χ0n) is 10.0. The largest absolute Gasteiger partial charge is 0.467 e. The van der Waals surface area contributed by atoms with Gasteiger partial charge in [-0.2, -0.15) is 0 Å². The second-order valence-corrected chi connectivity index (χ2v) is 4.55. The van der Waals surface area contributed by atoms with Gasteiger partial charge in [-0.15, -0.1) is 0 Å². The monoisotopic (exact) mass is 227 g/mol. The second kappa shape index (κ2) is 4.55. The zero-order valence-corrected chi connectivity index (χ0v) is 10.0. The van der Waals surface area contributed by atoms with Crippen molar-refractivity contribution >= 4 is 12.1 Å². The number of hydrogen-bond acceptors (Lipinski definition) is 4. The first kappa shape index (κ1) is 12.5. The summed E-state index contributed by atoms with van der Waals surface area (Å²) in [5.74, 6) is -0.434. The molecule has 90 valence electrons. The molecule has 1 heterocycles. The number of nitrogens with zero attached hydrogens (tertiary/aromatic N) is 1. The molecule has 0 aromatic rings. The molecule has 0 saturated heterocycles. The first-order valence-corrected chi connectivity index (χ1v) is 5.11. The molecule has 5 nitrogen and oxygen atoms in total. The molecule has 5 heteroatoms. The Morgan fingerprint density at radius 2 is 2.00 bits per heavy atom. The number of carbonyl (C=O) groups is 2. The van der Waals surface area contributed by atoms with Crippen molar-refractivity contribution in [1.29, 1.82) is 0 Å². The van der Waals surface area contributed by atoms with Gasteiger partial charge in [-0.3, -0.25) is 4.90 Å². The van der Waals surface area contributed by atoms with Gasteiger partial charge < -0.3 is 9.47 Å². The highest BCUT2D eigenvalue weighted by Gasteiger charge is 2.34. The van der Waals surface area contributed by atoms with Gasteiger partial charge in [-0.25, -0.2) is 9.59 Å². The van der Waals surface area contributed by atoms with Crippen molar-refractivity contribution in [2.75, 3.05) is 7.11 Å². The summed E-state index contributed by atoms with van der Waals surface area (Å²) >= 11 is 0. The first-order valence-electron chi connectivity index (χ1n) is 5.11. The van der Waals surface area contributed by atoms with Crippen LogP contribution in [0.2, 0.25) is 0 Å². The van der Waals surface area contributed by atoms with Crippen LogP contribution in [0.5, 0.6) is 0 Å². The number of rotatable bonds is 1. The molecule has 0 aliphatic carbocycles. The molecule has 0 N–H and O–H groups in total. The minimum atomic E-state index is -0.597. The minimum absolute atomic E-state index is 0.434. The Morgan fingerprint density at radius 1 is 1.38 bits per heavy atom. The third-order valence-corrected chi connectivity index (χ3v) is 2.04. The molecule has 1 amide bonds. The van der Waals surface area contributed by atoms with Crippen LogP contribution in [0.15, 0.2) is 12.3 Å². The molecule has 0 spiro atoms. The maximum atomic E-state index is 11.7. The summed E-state index contributed by atoms with van der Waals surface area (Å²) in [7, 11) is 1.30. The third kappa shape index (κ3) is 2.98. The molecule has 0 aromatic carbocycles. The number of ether oxygens (including phenoxy) is 2. The van der Waals surface area contributed by atoms with E-state index in [4.69, 9.17) is 4.74 Å². The average molecular weight is 227 g/mol. The van der Waals surface area contributed by atoms with Crippen LogP contribution in [-0.2, 0) is 14.3 Å². The third-order valence-electron chi connectivity index (χ3n) is 2.04. The Labute approximate surface area is 95.0 Å². The zero-order chi connectivity index (χ0) is 12.3. The number of methoxy groups -OCH3 is 1. The molecule has 1 rings (SSSR count). The molecule has 0 unspecified atom stereocenters. The van der Waals surface area contributed by atoms with Gasteiger partial charge in [-0.05, 0) is 27.2 Å². The van der Waals surface area contributed by atoms with E-state index in [9.17, 15) is 9.59 Å². The molecule has 0 radical (unpaired) electrons. The van der Waals surface area contributed by atoms with Crippen molar-refractivity contribution in [2.45, 2.75) is 38.8 Å². The van der Waals surface area contributed by atoms with Gasteiger partial charge in [0.05, 0.1) is 7.11 Å². The standard InChI is InChI=1S/C11H17NO4/c1-11(2,3)16-10(14)12-7-5-6-8(12)9(13)15-4/h5,7-8H,6H2,1-4H3/t8-/m0/s1. The SMILES string of the molecule is COC(=O)[C@@H]1CC=CN1C(=O)OC(C)(C)C. The fourth-order valence-electron chi connectivity index (χ4n) is 1.37. The molecule has 1 aliphatic heterocycles. The number of amides is 1. The Bertz CT molecular complexity index is 316. The molecule has 16 heavy (non-hydrogen) atoms. The maximum Gasteiger partial charge on any atom is 0.415 e. The Balaban J connectivity index is 2.68. The van der Waals surface area contributed by atoms with Gasteiger partial charge in [0.1, 0.15) is 11.6 Å². The van der Waals surface area contributed by atoms with E-state index in [1.165, 1.54) is 12.0 Å². The highest BCUT2D eigenvalue weighted by molar-refractivity contribution is 5.83. The van der Waals surface area contributed by atoms with Gasteiger partial charge in [0.15, 0.2) is 0 Å². The molecule has 0 bridgehead atoms. The maximum absolute atomic E-state index is 11.7. The van der Waals surface area contributed by atoms with Crippen LogP contribution in [-0.4, -0.2) is 35.7 Å². The molecule has 0 fully saturated rings. The first-order chi connectivity index (χ1) is 7.35. The highest BCUT2D eigenvalue weighted by Crippen LogP contribution is 2.19. The van der Waals surface area contributed by atoms with Gasteiger partial charge in [0.25, 0.3) is 0 Å². The van der Waals surface area contributed by atoms with Crippen molar-refractivity contribution < 1.29 is 19.1 Å². The lowest BCUT2D eigenvalue weighted by Crippen LogP contribution is -2.42. The quantitative estimate of drug-likeness (QED) is 0.639. The fourth-order valence-corrected chi connectivity index (χ4v) is 1.37. The van der Waals surface area contributed by atoms with E-state index in [0.29, 0.717) is 6.42 Å². The van der Waals surface area contributed by atoms with Crippen molar-refractivity contribution in [3.05, 3.63) is 12.3 Å². The van der Waals surface area contributed by atoms with Gasteiger partial charge in [-0.1, -0.05) is 6.08 Å². The van der Waals surface area contributed by atoms with Crippen molar-refractivity contribution in [3.8, 4) is 0 Å². The van der Waals surface area contributed by atoms with Crippen molar-refractivity contribution in [3.63, 3.8) is 0 Å². The summed E-state index contributed by atoms with van der Waals surface area (Å²) < 4.78 is 9.79. The predicted molar refractivity (Wildman–Crippen MR) is 57.6 cm³/mol. The van der Waals surface area contributed by atoms with Crippen LogP contribution >= 0.6 is 0 Å². The predicted octanol–water partition coefficient (Wildman–Crippen LogP) is 1.68. The molecular formula is C11H17NO4. The van der Waals surface area contributed by atoms with E-state index < -0.39 is 23.7 Å². The molecule has 0 aromatic heterocycles. The van der Waals surface area contributed by atoms with Crippen LogP contribution in [0.25, 0.3) is 0 Å². The van der Waals surface area contributed by atoms with Crippen LogP contribution in [0.4, 0.5) is 4.79 Å². The summed E-state index contributed by atoms with van der Waals surface area (Å²) in [5.41, 5.74) is -0.575. The van der Waals surface area contributed by atoms with E-state index in [2.05, 4.69) is 4.74 Å². The summed E-state index contributed by atoms with van der Waals surface area (Å²) in [4.78, 5) is 24.4. The molecule has 1 aliphatic rings. The van der Waals surface area contributed by atoms with Crippen molar-refractivity contribution in [2.24, 2.45) is 0 Å². The fraction of sp³-hybridized carbons (Fsp3) is 0.636. The number of carbonyl (C=O) groups excluding carboxylic acids is 2. The number of hydrogen-bond donors (Lipinski definition) is 0. The normalized spacial score (nSPS) is 19.8. The summed E-state index contributed by atoms with van der Waals surface area (Å²) in [5, 5.41) is 0.